The van der Waals surface area contributed by atoms with Crippen molar-refractivity contribution < 1.29 is 9.00 Å². The van der Waals surface area contributed by atoms with Crippen LogP contribution in [0.5, 0.6) is 0 Å². The summed E-state index contributed by atoms with van der Waals surface area (Å²) in [6, 6.07) is 0. The van der Waals surface area contributed by atoms with Gasteiger partial charge in [0.25, 0.3) is 0 Å². The van der Waals surface area contributed by atoms with E-state index < -0.39 is 10.8 Å². The monoisotopic (exact) mass is 234 g/mol. The fourth-order valence-corrected chi connectivity index (χ4v) is 1.83. The Morgan fingerprint density at radius 2 is 1.93 bits per heavy atom. The van der Waals surface area contributed by atoms with Crippen molar-refractivity contribution in [3.8, 4) is 0 Å². The van der Waals surface area contributed by atoms with E-state index in [2.05, 4.69) is 5.32 Å². The van der Waals surface area contributed by atoms with E-state index in [1.165, 1.54) is 0 Å². The lowest BCUT2D eigenvalue weighted by molar-refractivity contribution is -0.129. The second kappa shape index (κ2) is 8.85. The summed E-state index contributed by atoms with van der Waals surface area (Å²) in [5, 5.41) is 3.06. The lowest BCUT2D eigenvalue weighted by Gasteiger charge is -2.18. The van der Waals surface area contributed by atoms with E-state index in [0.717, 1.165) is 26.1 Å². The van der Waals surface area contributed by atoms with Crippen molar-refractivity contribution in [1.82, 2.24) is 10.2 Å². The Morgan fingerprint density at radius 1 is 1.33 bits per heavy atom. The number of carbonyl (C=O) groups is 1. The van der Waals surface area contributed by atoms with Gasteiger partial charge in [0.05, 0.1) is 6.54 Å². The molecule has 0 fully saturated rings. The molecule has 1 amide bonds. The van der Waals surface area contributed by atoms with E-state index in [1.807, 2.05) is 13.8 Å². The molecule has 0 aromatic carbocycles. The fraction of sp³-hybridized carbons (Fsp3) is 0.900. The predicted octanol–water partition coefficient (Wildman–Crippen LogP) is 0.213. The molecule has 0 saturated carbocycles. The van der Waals surface area contributed by atoms with E-state index in [0.29, 0.717) is 12.3 Å². The predicted molar refractivity (Wildman–Crippen MR) is 64.3 cm³/mol. The van der Waals surface area contributed by atoms with Crippen LogP contribution < -0.4 is 5.32 Å². The molecule has 0 spiro atoms. The number of hydrogen-bond donors (Lipinski definition) is 1. The lowest BCUT2D eigenvalue weighted by atomic mass is 10.4. The van der Waals surface area contributed by atoms with Gasteiger partial charge in [0, 0.05) is 35.9 Å². The summed E-state index contributed by atoms with van der Waals surface area (Å²) >= 11 is 0. The average Bonchev–Trinajstić information content (AvgIpc) is 2.18. The summed E-state index contributed by atoms with van der Waals surface area (Å²) in [4.78, 5) is 13.3. The van der Waals surface area contributed by atoms with Gasteiger partial charge in [0.15, 0.2) is 0 Å². The molecule has 0 aliphatic carbocycles. The molecule has 0 aliphatic rings. The van der Waals surface area contributed by atoms with Crippen molar-refractivity contribution in [2.75, 3.05) is 38.2 Å². The smallest absolute Gasteiger partial charge is 0.236 e. The van der Waals surface area contributed by atoms with Crippen LogP contribution in [0.15, 0.2) is 0 Å². The number of nitrogens with one attached hydrogen (secondary N) is 1. The third kappa shape index (κ3) is 7.50. The highest BCUT2D eigenvalue weighted by atomic mass is 32.2. The normalized spacial score (nSPS) is 12.5. The second-order valence-corrected chi connectivity index (χ2v) is 4.93. The first-order valence-electron chi connectivity index (χ1n) is 5.40. The standard InChI is InChI=1S/C10H22N2O2S/c1-4-12(5-2)10(13)9-11-7-6-8-15(3)14/h11H,4-9H2,1-3H3. The maximum atomic E-state index is 11.5. The molecule has 0 radical (unpaired) electrons. The maximum absolute atomic E-state index is 11.5. The van der Waals surface area contributed by atoms with Crippen LogP contribution in [0.4, 0.5) is 0 Å². The zero-order valence-electron chi connectivity index (χ0n) is 9.91. The third-order valence-electron chi connectivity index (χ3n) is 2.18. The van der Waals surface area contributed by atoms with Crippen LogP contribution >= 0.6 is 0 Å². The van der Waals surface area contributed by atoms with Gasteiger partial charge in [-0.2, -0.15) is 0 Å². The molecular weight excluding hydrogens is 212 g/mol. The van der Waals surface area contributed by atoms with Crippen molar-refractivity contribution in [1.29, 1.82) is 0 Å². The lowest BCUT2D eigenvalue weighted by Crippen LogP contribution is -2.38. The van der Waals surface area contributed by atoms with Crippen LogP contribution in [0.1, 0.15) is 20.3 Å². The molecular formula is C10H22N2O2S. The van der Waals surface area contributed by atoms with Gasteiger partial charge in [-0.05, 0) is 26.8 Å². The molecule has 5 heteroatoms. The number of carbonyl (C=O) groups excluding carboxylic acids is 1. The Bertz CT molecular complexity index is 206. The van der Waals surface area contributed by atoms with E-state index in [-0.39, 0.29) is 5.91 Å². The van der Waals surface area contributed by atoms with Crippen LogP contribution in [-0.4, -0.2) is 53.2 Å². The van der Waals surface area contributed by atoms with Gasteiger partial charge >= 0.3 is 0 Å². The number of hydrogen-bond acceptors (Lipinski definition) is 3. The number of amides is 1. The molecule has 90 valence electrons. The number of nitrogens with zero attached hydrogens (tertiary/aromatic N) is 1. The zero-order valence-corrected chi connectivity index (χ0v) is 10.7. The number of likely N-dealkylation sites (N-methyl/N-ethyl adjacent to an activating group) is 1. The Morgan fingerprint density at radius 3 is 2.40 bits per heavy atom. The number of rotatable bonds is 8. The summed E-state index contributed by atoms with van der Waals surface area (Å²) in [6.07, 6.45) is 2.55. The van der Waals surface area contributed by atoms with E-state index in [4.69, 9.17) is 0 Å². The summed E-state index contributed by atoms with van der Waals surface area (Å²) in [6.45, 7) is 6.61. The largest absolute Gasteiger partial charge is 0.342 e. The molecule has 1 atom stereocenters. The van der Waals surface area contributed by atoms with E-state index >= 15 is 0 Å². The van der Waals surface area contributed by atoms with Crippen LogP contribution in [0.25, 0.3) is 0 Å². The van der Waals surface area contributed by atoms with Crippen LogP contribution in [-0.2, 0) is 15.6 Å². The third-order valence-corrected chi connectivity index (χ3v) is 3.04. The quantitative estimate of drug-likeness (QED) is 0.611. The van der Waals surface area contributed by atoms with Crippen molar-refractivity contribution >= 4 is 16.7 Å². The highest BCUT2D eigenvalue weighted by Gasteiger charge is 2.07. The van der Waals surface area contributed by atoms with Gasteiger partial charge in [-0.1, -0.05) is 0 Å². The molecule has 0 aromatic rings. The molecule has 1 N–H and O–H groups in total. The summed E-state index contributed by atoms with van der Waals surface area (Å²) < 4.78 is 10.7. The Balaban J connectivity index is 3.50. The highest BCUT2D eigenvalue weighted by Crippen LogP contribution is 1.88. The summed E-state index contributed by atoms with van der Waals surface area (Å²) in [5.74, 6) is 0.838. The van der Waals surface area contributed by atoms with Gasteiger partial charge < -0.3 is 10.2 Å². The van der Waals surface area contributed by atoms with Crippen molar-refractivity contribution in [2.24, 2.45) is 0 Å². The van der Waals surface area contributed by atoms with Crippen molar-refractivity contribution in [2.45, 2.75) is 20.3 Å². The minimum absolute atomic E-state index is 0.137. The minimum Gasteiger partial charge on any atom is -0.342 e. The Hall–Kier alpha value is -0.420. The minimum atomic E-state index is -0.727. The first-order valence-corrected chi connectivity index (χ1v) is 7.13. The van der Waals surface area contributed by atoms with Gasteiger partial charge in [-0.3, -0.25) is 9.00 Å². The van der Waals surface area contributed by atoms with Gasteiger partial charge in [0.1, 0.15) is 0 Å². The molecule has 1 unspecified atom stereocenters. The highest BCUT2D eigenvalue weighted by molar-refractivity contribution is 7.84. The van der Waals surface area contributed by atoms with E-state index in [1.54, 1.807) is 11.2 Å². The first kappa shape index (κ1) is 14.6. The molecule has 0 heterocycles. The average molecular weight is 234 g/mol. The molecule has 15 heavy (non-hydrogen) atoms. The first-order chi connectivity index (χ1) is 7.11. The molecule has 4 nitrogen and oxygen atoms in total. The van der Waals surface area contributed by atoms with E-state index in [9.17, 15) is 9.00 Å². The second-order valence-electron chi connectivity index (χ2n) is 3.37. The topological polar surface area (TPSA) is 49.4 Å². The molecule has 0 saturated heterocycles. The molecule has 0 bridgehead atoms. The molecule has 0 aliphatic heterocycles. The molecule has 0 rings (SSSR count). The van der Waals surface area contributed by atoms with Gasteiger partial charge in [-0.15, -0.1) is 0 Å². The van der Waals surface area contributed by atoms with Crippen LogP contribution in [0.3, 0.4) is 0 Å². The van der Waals surface area contributed by atoms with Gasteiger partial charge in [0.2, 0.25) is 5.91 Å². The fourth-order valence-electron chi connectivity index (χ4n) is 1.28. The van der Waals surface area contributed by atoms with Crippen LogP contribution in [0.2, 0.25) is 0 Å². The maximum Gasteiger partial charge on any atom is 0.236 e. The SMILES string of the molecule is CCN(CC)C(=O)CNCCCS(C)=O. The van der Waals surface area contributed by atoms with Crippen molar-refractivity contribution in [3.63, 3.8) is 0 Å². The molecule has 0 aromatic heterocycles. The van der Waals surface area contributed by atoms with Crippen molar-refractivity contribution in [3.05, 3.63) is 0 Å². The zero-order chi connectivity index (χ0) is 11.7. The Kier molecular flexibility index (Phi) is 8.61. The van der Waals surface area contributed by atoms with Gasteiger partial charge in [-0.25, -0.2) is 0 Å². The Labute approximate surface area is 94.9 Å². The van der Waals surface area contributed by atoms with Crippen LogP contribution in [0, 0.1) is 0 Å². The summed E-state index contributed by atoms with van der Waals surface area (Å²) in [5.41, 5.74) is 0. The summed E-state index contributed by atoms with van der Waals surface area (Å²) in [7, 11) is -0.727.